The summed E-state index contributed by atoms with van der Waals surface area (Å²) in [6.45, 7) is 0. The molecule has 0 fully saturated rings. The molecule has 1 aliphatic rings. The van der Waals surface area contributed by atoms with Crippen molar-refractivity contribution in [1.29, 1.82) is 0 Å². The highest BCUT2D eigenvalue weighted by molar-refractivity contribution is 7.92. The second kappa shape index (κ2) is 8.15. The fourth-order valence-corrected chi connectivity index (χ4v) is 4.80. The Labute approximate surface area is 176 Å². The van der Waals surface area contributed by atoms with E-state index in [1.165, 1.54) is 14.2 Å². The average molecular weight is 454 g/mol. The third-order valence-corrected chi connectivity index (χ3v) is 6.13. The molecule has 0 saturated heterocycles. The summed E-state index contributed by atoms with van der Waals surface area (Å²) in [7, 11) is -4.14. The van der Waals surface area contributed by atoms with Gasteiger partial charge in [-0.1, -0.05) is 24.3 Å². The van der Waals surface area contributed by atoms with Crippen molar-refractivity contribution in [2.24, 2.45) is 5.10 Å². The van der Waals surface area contributed by atoms with Crippen molar-refractivity contribution in [2.45, 2.75) is 12.5 Å². The first-order valence-electron chi connectivity index (χ1n) is 8.89. The van der Waals surface area contributed by atoms with Crippen molar-refractivity contribution in [3.63, 3.8) is 0 Å². The van der Waals surface area contributed by atoms with E-state index in [9.17, 15) is 16.8 Å². The van der Waals surface area contributed by atoms with Gasteiger partial charge >= 0.3 is 0 Å². The van der Waals surface area contributed by atoms with E-state index < -0.39 is 26.1 Å². The normalized spacial score (nSPS) is 16.9. The van der Waals surface area contributed by atoms with Gasteiger partial charge in [0.05, 0.1) is 38.5 Å². The Balaban J connectivity index is 2.05. The van der Waals surface area contributed by atoms with Crippen LogP contribution in [0.1, 0.15) is 23.6 Å². The van der Waals surface area contributed by atoms with E-state index in [2.05, 4.69) is 9.82 Å². The number of ether oxygens (including phenoxy) is 2. The minimum atomic E-state index is -3.69. The van der Waals surface area contributed by atoms with Gasteiger partial charge in [0.1, 0.15) is 0 Å². The molecule has 1 heterocycles. The molecule has 1 aliphatic heterocycles. The summed E-state index contributed by atoms with van der Waals surface area (Å²) in [5, 5.41) is 4.34. The zero-order chi connectivity index (χ0) is 22.1. The van der Waals surface area contributed by atoms with Gasteiger partial charge in [0.2, 0.25) is 20.0 Å². The summed E-state index contributed by atoms with van der Waals surface area (Å²) < 4.78 is 62.3. The van der Waals surface area contributed by atoms with Crippen LogP contribution in [0.3, 0.4) is 0 Å². The van der Waals surface area contributed by atoms with Crippen LogP contribution >= 0.6 is 0 Å². The molecular weight excluding hydrogens is 430 g/mol. The lowest BCUT2D eigenvalue weighted by atomic mass is 9.98. The Hall–Kier alpha value is -2.79. The first-order valence-corrected chi connectivity index (χ1v) is 12.6. The van der Waals surface area contributed by atoms with Gasteiger partial charge in [0.25, 0.3) is 0 Å². The van der Waals surface area contributed by atoms with E-state index in [0.29, 0.717) is 34.0 Å². The van der Waals surface area contributed by atoms with Crippen LogP contribution in [-0.4, -0.2) is 53.7 Å². The first kappa shape index (κ1) is 21.9. The van der Waals surface area contributed by atoms with Gasteiger partial charge in [-0.25, -0.2) is 16.8 Å². The second-order valence-corrected chi connectivity index (χ2v) is 10.4. The lowest BCUT2D eigenvalue weighted by Gasteiger charge is -2.23. The highest BCUT2D eigenvalue weighted by Crippen LogP contribution is 2.42. The van der Waals surface area contributed by atoms with Gasteiger partial charge in [-0.3, -0.25) is 4.72 Å². The summed E-state index contributed by atoms with van der Waals surface area (Å²) in [4.78, 5) is 0. The zero-order valence-corrected chi connectivity index (χ0v) is 18.6. The van der Waals surface area contributed by atoms with Crippen LogP contribution in [0, 0.1) is 0 Å². The number of hydrogen-bond acceptors (Lipinski definition) is 7. The van der Waals surface area contributed by atoms with Gasteiger partial charge in [-0.05, 0) is 23.8 Å². The van der Waals surface area contributed by atoms with E-state index in [0.717, 1.165) is 16.9 Å². The lowest BCUT2D eigenvalue weighted by molar-refractivity contribution is 0.329. The van der Waals surface area contributed by atoms with Crippen LogP contribution in [0.5, 0.6) is 11.5 Å². The fourth-order valence-electron chi connectivity index (χ4n) is 3.35. The largest absolute Gasteiger partial charge is 0.493 e. The smallest absolute Gasteiger partial charge is 0.247 e. The SMILES string of the molecule is COc1cccc([C@@H]2CC(c3cccc(NS(C)(=O)=O)c3)=NN2S(C)(=O)=O)c1OC. The maximum atomic E-state index is 12.5. The number of methoxy groups -OCH3 is 2. The molecule has 0 bridgehead atoms. The predicted molar refractivity (Wildman–Crippen MR) is 115 cm³/mol. The van der Waals surface area contributed by atoms with Crippen LogP contribution in [0.25, 0.3) is 0 Å². The van der Waals surface area contributed by atoms with Crippen LogP contribution in [-0.2, 0) is 20.0 Å². The molecule has 0 radical (unpaired) electrons. The number of nitrogens with one attached hydrogen (secondary N) is 1. The van der Waals surface area contributed by atoms with E-state index >= 15 is 0 Å². The molecule has 0 spiro atoms. The Bertz CT molecular complexity index is 1190. The van der Waals surface area contributed by atoms with Gasteiger partial charge in [-0.2, -0.15) is 9.52 Å². The zero-order valence-electron chi connectivity index (χ0n) is 17.0. The number of para-hydroxylation sites is 1. The molecule has 11 heteroatoms. The number of sulfonamides is 2. The molecule has 0 unspecified atom stereocenters. The minimum Gasteiger partial charge on any atom is -0.493 e. The van der Waals surface area contributed by atoms with Gasteiger partial charge in [-0.15, -0.1) is 0 Å². The van der Waals surface area contributed by atoms with Crippen molar-refractivity contribution in [1.82, 2.24) is 4.41 Å². The maximum Gasteiger partial charge on any atom is 0.247 e. The molecule has 9 nitrogen and oxygen atoms in total. The van der Waals surface area contributed by atoms with Crippen LogP contribution in [0.2, 0.25) is 0 Å². The van der Waals surface area contributed by atoms with Crippen molar-refractivity contribution < 1.29 is 26.3 Å². The Morgan fingerprint density at radius 3 is 2.33 bits per heavy atom. The monoisotopic (exact) mass is 453 g/mol. The van der Waals surface area contributed by atoms with E-state index in [1.54, 1.807) is 42.5 Å². The van der Waals surface area contributed by atoms with Gasteiger partial charge in [0.15, 0.2) is 11.5 Å². The minimum absolute atomic E-state index is 0.277. The Kier molecular flexibility index (Phi) is 5.95. The number of benzene rings is 2. The molecule has 2 aromatic rings. The van der Waals surface area contributed by atoms with Crippen molar-refractivity contribution >= 4 is 31.4 Å². The topological polar surface area (TPSA) is 114 Å². The molecule has 1 atom stereocenters. The van der Waals surface area contributed by atoms with Crippen molar-refractivity contribution in [3.05, 3.63) is 53.6 Å². The summed E-state index contributed by atoms with van der Waals surface area (Å²) in [5.74, 6) is 0.916. The molecule has 0 aliphatic carbocycles. The number of rotatable bonds is 7. The number of nitrogens with zero attached hydrogens (tertiary/aromatic N) is 2. The number of hydrogen-bond donors (Lipinski definition) is 1. The van der Waals surface area contributed by atoms with Crippen molar-refractivity contribution in [3.8, 4) is 11.5 Å². The predicted octanol–water partition coefficient (Wildman–Crippen LogP) is 2.19. The van der Waals surface area contributed by atoms with Gasteiger partial charge < -0.3 is 9.47 Å². The van der Waals surface area contributed by atoms with Crippen molar-refractivity contribution in [2.75, 3.05) is 31.5 Å². The molecule has 0 saturated carbocycles. The Morgan fingerprint density at radius 1 is 1.03 bits per heavy atom. The molecule has 1 N–H and O–H groups in total. The molecular formula is C19H23N3O6S2. The summed E-state index contributed by atoms with van der Waals surface area (Å²) in [5.41, 5.74) is 2.10. The highest BCUT2D eigenvalue weighted by atomic mass is 32.2. The molecule has 0 aromatic heterocycles. The van der Waals surface area contributed by atoms with Crippen LogP contribution in [0.15, 0.2) is 47.6 Å². The lowest BCUT2D eigenvalue weighted by Crippen LogP contribution is -2.26. The third kappa shape index (κ3) is 4.68. The summed E-state index contributed by atoms with van der Waals surface area (Å²) in [6.07, 6.45) is 2.42. The molecule has 30 heavy (non-hydrogen) atoms. The third-order valence-electron chi connectivity index (χ3n) is 4.50. The van der Waals surface area contributed by atoms with E-state index in [1.807, 2.05) is 0 Å². The average Bonchev–Trinajstić information content (AvgIpc) is 3.12. The van der Waals surface area contributed by atoms with Crippen LogP contribution < -0.4 is 14.2 Å². The van der Waals surface area contributed by atoms with E-state index in [4.69, 9.17) is 9.47 Å². The number of anilines is 1. The molecule has 2 aromatic carbocycles. The quantitative estimate of drug-likeness (QED) is 0.687. The summed E-state index contributed by atoms with van der Waals surface area (Å²) in [6, 6.07) is 11.3. The maximum absolute atomic E-state index is 12.5. The van der Waals surface area contributed by atoms with Gasteiger partial charge in [0, 0.05) is 17.7 Å². The second-order valence-electron chi connectivity index (χ2n) is 6.84. The summed E-state index contributed by atoms with van der Waals surface area (Å²) >= 11 is 0. The number of hydrazone groups is 1. The van der Waals surface area contributed by atoms with Crippen LogP contribution in [0.4, 0.5) is 5.69 Å². The molecule has 3 rings (SSSR count). The van der Waals surface area contributed by atoms with E-state index in [-0.39, 0.29) is 6.42 Å². The molecule has 162 valence electrons. The standard InChI is InChI=1S/C19H23N3O6S2/c1-27-18-10-6-9-15(19(18)28-2)17-12-16(20-22(17)30(4,25)26)13-7-5-8-14(11-13)21-29(3,23)24/h5-11,17,21H,12H2,1-4H3/t17-/m0/s1. The first-order chi connectivity index (χ1) is 14.0. The fraction of sp³-hybridized carbons (Fsp3) is 0.316. The highest BCUT2D eigenvalue weighted by Gasteiger charge is 2.36. The Morgan fingerprint density at radius 2 is 1.73 bits per heavy atom. The molecule has 0 amide bonds.